The maximum atomic E-state index is 11.5. The molecule has 0 saturated carbocycles. The number of rotatable bonds is 7. The molecular formula is C20H19N3O2S. The Bertz CT molecular complexity index is 837. The molecule has 0 bridgehead atoms. The van der Waals surface area contributed by atoms with Crippen LogP contribution < -0.4 is 5.48 Å². The zero-order chi connectivity index (χ0) is 18.2. The van der Waals surface area contributed by atoms with Crippen molar-refractivity contribution in [3.05, 3.63) is 66.7 Å². The normalized spacial score (nSPS) is 10.5. The van der Waals surface area contributed by atoms with E-state index in [1.807, 2.05) is 49.4 Å². The third-order valence-corrected chi connectivity index (χ3v) is 4.53. The van der Waals surface area contributed by atoms with Crippen molar-refractivity contribution in [3.63, 3.8) is 0 Å². The van der Waals surface area contributed by atoms with Crippen LogP contribution in [0.15, 0.2) is 71.8 Å². The number of aromatic nitrogens is 2. The van der Waals surface area contributed by atoms with Crippen LogP contribution in [0.3, 0.4) is 0 Å². The maximum Gasteiger partial charge on any atom is 0.253 e. The van der Waals surface area contributed by atoms with Crippen LogP contribution in [-0.4, -0.2) is 28.5 Å². The number of hydrogen-bond acceptors (Lipinski definition) is 5. The number of amides is 1. The van der Waals surface area contributed by atoms with Gasteiger partial charge in [0.25, 0.3) is 5.91 Å². The van der Waals surface area contributed by atoms with Crippen molar-refractivity contribution < 1.29 is 9.63 Å². The van der Waals surface area contributed by atoms with Crippen LogP contribution in [0.2, 0.25) is 0 Å². The van der Waals surface area contributed by atoms with Gasteiger partial charge < -0.3 is 0 Å². The molecule has 0 spiro atoms. The molecule has 2 aromatic carbocycles. The fourth-order valence-corrected chi connectivity index (χ4v) is 2.94. The number of nitrogens with zero attached hydrogens (tertiary/aromatic N) is 2. The second-order valence-electron chi connectivity index (χ2n) is 5.45. The van der Waals surface area contributed by atoms with E-state index in [1.165, 1.54) is 17.3 Å². The molecule has 0 aliphatic carbocycles. The lowest BCUT2D eigenvalue weighted by atomic mass is 10.0. The van der Waals surface area contributed by atoms with Gasteiger partial charge in [-0.15, -0.1) is 10.2 Å². The summed E-state index contributed by atoms with van der Waals surface area (Å²) in [4.78, 5) is 16.4. The van der Waals surface area contributed by atoms with E-state index in [-0.39, 0.29) is 11.7 Å². The Kier molecular flexibility index (Phi) is 6.35. The number of hydrogen-bond donors (Lipinski definition) is 1. The molecule has 1 aromatic heterocycles. The van der Waals surface area contributed by atoms with Crippen LogP contribution in [0, 0.1) is 0 Å². The van der Waals surface area contributed by atoms with E-state index >= 15 is 0 Å². The average Bonchev–Trinajstić information content (AvgIpc) is 2.72. The highest BCUT2D eigenvalue weighted by Crippen LogP contribution is 2.24. The third-order valence-electron chi connectivity index (χ3n) is 3.61. The van der Waals surface area contributed by atoms with Crippen LogP contribution in [0.1, 0.15) is 6.92 Å². The quantitative estimate of drug-likeness (QED) is 0.507. The molecule has 0 radical (unpaired) electrons. The van der Waals surface area contributed by atoms with Crippen molar-refractivity contribution in [1.29, 1.82) is 0 Å². The molecule has 5 nitrogen and oxygen atoms in total. The second kappa shape index (κ2) is 9.12. The lowest BCUT2D eigenvalue weighted by Gasteiger charge is -2.05. The monoisotopic (exact) mass is 365 g/mol. The Morgan fingerprint density at radius 1 is 0.923 bits per heavy atom. The summed E-state index contributed by atoms with van der Waals surface area (Å²) in [5.74, 6) is 0.0408. The first-order valence-corrected chi connectivity index (χ1v) is 9.28. The first kappa shape index (κ1) is 18.1. The van der Waals surface area contributed by atoms with E-state index in [0.717, 1.165) is 16.8 Å². The van der Waals surface area contributed by atoms with Gasteiger partial charge in [0, 0.05) is 5.56 Å². The average molecular weight is 365 g/mol. The zero-order valence-corrected chi connectivity index (χ0v) is 15.2. The van der Waals surface area contributed by atoms with Gasteiger partial charge in [-0.1, -0.05) is 66.4 Å². The lowest BCUT2D eigenvalue weighted by Crippen LogP contribution is -2.25. The summed E-state index contributed by atoms with van der Waals surface area (Å²) >= 11 is 1.32. The molecule has 0 fully saturated rings. The van der Waals surface area contributed by atoms with Crippen molar-refractivity contribution in [2.45, 2.75) is 11.9 Å². The first-order valence-electron chi connectivity index (χ1n) is 8.29. The predicted molar refractivity (Wildman–Crippen MR) is 103 cm³/mol. The van der Waals surface area contributed by atoms with Gasteiger partial charge in [-0.3, -0.25) is 9.63 Å². The van der Waals surface area contributed by atoms with Crippen LogP contribution >= 0.6 is 11.8 Å². The minimum atomic E-state index is -0.195. The molecule has 26 heavy (non-hydrogen) atoms. The zero-order valence-electron chi connectivity index (χ0n) is 14.4. The molecule has 1 heterocycles. The highest BCUT2D eigenvalue weighted by Gasteiger charge is 2.06. The fourth-order valence-electron chi connectivity index (χ4n) is 2.34. The molecule has 1 N–H and O–H groups in total. The number of carbonyl (C=O) groups is 1. The van der Waals surface area contributed by atoms with E-state index in [1.54, 1.807) is 0 Å². The van der Waals surface area contributed by atoms with Crippen LogP contribution in [0.5, 0.6) is 0 Å². The third kappa shape index (κ3) is 4.91. The molecule has 0 unspecified atom stereocenters. The molecule has 132 valence electrons. The van der Waals surface area contributed by atoms with Gasteiger partial charge in [0.15, 0.2) is 0 Å². The Balaban J connectivity index is 1.62. The Morgan fingerprint density at radius 2 is 1.62 bits per heavy atom. The van der Waals surface area contributed by atoms with Crippen molar-refractivity contribution >= 4 is 17.7 Å². The van der Waals surface area contributed by atoms with Crippen molar-refractivity contribution in [3.8, 4) is 22.4 Å². The molecule has 3 rings (SSSR count). The number of hydroxylamine groups is 1. The smallest absolute Gasteiger partial charge is 0.253 e. The highest BCUT2D eigenvalue weighted by molar-refractivity contribution is 7.99. The highest BCUT2D eigenvalue weighted by atomic mass is 32.2. The van der Waals surface area contributed by atoms with E-state index in [0.29, 0.717) is 11.6 Å². The molecular weight excluding hydrogens is 346 g/mol. The summed E-state index contributed by atoms with van der Waals surface area (Å²) in [5, 5.41) is 9.13. The summed E-state index contributed by atoms with van der Waals surface area (Å²) < 4.78 is 0. The van der Waals surface area contributed by atoms with Crippen molar-refractivity contribution in [2.24, 2.45) is 0 Å². The molecule has 0 aliphatic rings. The number of benzene rings is 2. The fraction of sp³-hybridized carbons (Fsp3) is 0.150. The van der Waals surface area contributed by atoms with Crippen molar-refractivity contribution in [1.82, 2.24) is 15.7 Å². The predicted octanol–water partition coefficient (Wildman–Crippen LogP) is 3.97. The second-order valence-corrected chi connectivity index (χ2v) is 6.44. The maximum absolute atomic E-state index is 11.5. The molecule has 6 heteroatoms. The van der Waals surface area contributed by atoms with Gasteiger partial charge in [0.2, 0.25) is 0 Å². The van der Waals surface area contributed by atoms with Gasteiger partial charge in [-0.25, -0.2) is 5.48 Å². The molecule has 3 aromatic rings. The summed E-state index contributed by atoms with van der Waals surface area (Å²) in [7, 11) is 0. The molecule has 0 saturated heterocycles. The lowest BCUT2D eigenvalue weighted by molar-refractivity contribution is -0.130. The van der Waals surface area contributed by atoms with Gasteiger partial charge >= 0.3 is 0 Å². The summed E-state index contributed by atoms with van der Waals surface area (Å²) in [6, 6.07) is 22.2. The number of carbonyl (C=O) groups excluding carboxylic acids is 1. The van der Waals surface area contributed by atoms with E-state index in [9.17, 15) is 4.79 Å². The number of thioether (sulfide) groups is 1. The molecule has 1 amide bonds. The van der Waals surface area contributed by atoms with E-state index in [4.69, 9.17) is 4.84 Å². The van der Waals surface area contributed by atoms with Crippen LogP contribution in [-0.2, 0) is 9.63 Å². The summed E-state index contributed by atoms with van der Waals surface area (Å²) in [6.07, 6.45) is 0. The van der Waals surface area contributed by atoms with Gasteiger partial charge in [-0.2, -0.15) is 0 Å². The first-order chi connectivity index (χ1) is 12.8. The van der Waals surface area contributed by atoms with Crippen LogP contribution in [0.4, 0.5) is 0 Å². The van der Waals surface area contributed by atoms with Gasteiger partial charge in [-0.05, 0) is 30.2 Å². The Labute approximate surface area is 156 Å². The van der Waals surface area contributed by atoms with Gasteiger partial charge in [0.1, 0.15) is 5.03 Å². The largest absolute Gasteiger partial charge is 0.274 e. The van der Waals surface area contributed by atoms with E-state index in [2.05, 4.69) is 39.9 Å². The van der Waals surface area contributed by atoms with E-state index < -0.39 is 0 Å². The molecule has 0 aliphatic heterocycles. The van der Waals surface area contributed by atoms with Gasteiger partial charge in [0.05, 0.1) is 18.1 Å². The van der Waals surface area contributed by atoms with Crippen molar-refractivity contribution in [2.75, 3.05) is 12.4 Å². The Morgan fingerprint density at radius 3 is 2.27 bits per heavy atom. The summed E-state index contributed by atoms with van der Waals surface area (Å²) in [6.45, 7) is 2.25. The number of nitrogens with one attached hydrogen (secondary N) is 1. The SMILES string of the molecule is CCONC(=O)CSc1ccc(-c2ccc(-c3ccccc3)cc2)nn1. The minimum Gasteiger partial charge on any atom is -0.274 e. The topological polar surface area (TPSA) is 64.1 Å². The minimum absolute atomic E-state index is 0.195. The van der Waals surface area contributed by atoms with Crippen LogP contribution in [0.25, 0.3) is 22.4 Å². The standard InChI is InChI=1S/C20H19N3O2S/c1-2-25-23-19(24)14-26-20-13-12-18(21-22-20)17-10-8-16(9-11-17)15-6-4-3-5-7-15/h3-13H,2,14H2,1H3,(H,23,24). The summed E-state index contributed by atoms with van der Waals surface area (Å²) in [5.41, 5.74) is 6.50. The molecule has 0 atom stereocenters. The Hall–Kier alpha value is -2.70.